The van der Waals surface area contributed by atoms with Gasteiger partial charge in [-0.25, -0.2) is 0 Å². The highest BCUT2D eigenvalue weighted by atomic mass is 35.5. The maximum absolute atomic E-state index is 12.4. The molecule has 0 fully saturated rings. The van der Waals surface area contributed by atoms with E-state index in [-0.39, 0.29) is 12.5 Å². The summed E-state index contributed by atoms with van der Waals surface area (Å²) in [7, 11) is 0. The van der Waals surface area contributed by atoms with Gasteiger partial charge in [0.05, 0.1) is 12.1 Å². The topological polar surface area (TPSA) is 49.3 Å². The fourth-order valence-corrected chi connectivity index (χ4v) is 2.25. The molecule has 2 N–H and O–H groups in total. The van der Waals surface area contributed by atoms with Crippen LogP contribution in [0.2, 0.25) is 5.02 Å². The third-order valence-electron chi connectivity index (χ3n) is 3.55. The molecule has 0 spiro atoms. The molecule has 2 aromatic carbocycles. The molecule has 110 valence electrons. The lowest BCUT2D eigenvalue weighted by Gasteiger charge is -2.29. The molecule has 0 radical (unpaired) electrons. The lowest BCUT2D eigenvalue weighted by Crippen LogP contribution is -2.46. The SMILES string of the molecule is Cc1ccc(C(=O)NC(C)(CO)c2ccccc2)cc1Cl. The zero-order valence-corrected chi connectivity index (χ0v) is 12.8. The molecule has 0 aliphatic carbocycles. The first-order valence-electron chi connectivity index (χ1n) is 6.71. The molecule has 1 atom stereocenters. The van der Waals surface area contributed by atoms with Gasteiger partial charge in [0.15, 0.2) is 0 Å². The minimum atomic E-state index is -0.838. The molecule has 3 nitrogen and oxygen atoms in total. The molecule has 0 aliphatic rings. The minimum absolute atomic E-state index is 0.192. The van der Waals surface area contributed by atoms with E-state index in [1.165, 1.54) is 0 Å². The van der Waals surface area contributed by atoms with Crippen LogP contribution in [0.15, 0.2) is 48.5 Å². The van der Waals surface area contributed by atoms with Crippen molar-refractivity contribution in [2.24, 2.45) is 0 Å². The monoisotopic (exact) mass is 303 g/mol. The largest absolute Gasteiger partial charge is 0.394 e. The first-order valence-corrected chi connectivity index (χ1v) is 7.09. The summed E-state index contributed by atoms with van der Waals surface area (Å²) < 4.78 is 0. The Kier molecular flexibility index (Phi) is 4.66. The van der Waals surface area contributed by atoms with Crippen molar-refractivity contribution in [3.8, 4) is 0 Å². The Morgan fingerprint density at radius 3 is 2.48 bits per heavy atom. The normalized spacial score (nSPS) is 13.5. The van der Waals surface area contributed by atoms with Crippen LogP contribution in [-0.4, -0.2) is 17.6 Å². The van der Waals surface area contributed by atoms with Gasteiger partial charge in [-0.15, -0.1) is 0 Å². The van der Waals surface area contributed by atoms with E-state index < -0.39 is 5.54 Å². The summed E-state index contributed by atoms with van der Waals surface area (Å²) in [6, 6.07) is 14.5. The molecule has 0 aliphatic heterocycles. The summed E-state index contributed by atoms with van der Waals surface area (Å²) in [5.41, 5.74) is 1.40. The summed E-state index contributed by atoms with van der Waals surface area (Å²) in [6.07, 6.45) is 0. The van der Waals surface area contributed by atoms with Gasteiger partial charge in [-0.2, -0.15) is 0 Å². The highest BCUT2D eigenvalue weighted by molar-refractivity contribution is 6.31. The van der Waals surface area contributed by atoms with Gasteiger partial charge >= 0.3 is 0 Å². The van der Waals surface area contributed by atoms with Crippen molar-refractivity contribution in [1.29, 1.82) is 0 Å². The average Bonchev–Trinajstić information content (AvgIpc) is 2.50. The van der Waals surface area contributed by atoms with Gasteiger partial charge in [-0.1, -0.05) is 48.0 Å². The van der Waals surface area contributed by atoms with Gasteiger partial charge in [0.1, 0.15) is 0 Å². The van der Waals surface area contributed by atoms with Gasteiger partial charge in [0, 0.05) is 10.6 Å². The van der Waals surface area contributed by atoms with Crippen molar-refractivity contribution < 1.29 is 9.90 Å². The number of aryl methyl sites for hydroxylation is 1. The number of benzene rings is 2. The van der Waals surface area contributed by atoms with Crippen molar-refractivity contribution in [2.75, 3.05) is 6.61 Å². The van der Waals surface area contributed by atoms with E-state index in [9.17, 15) is 9.90 Å². The number of rotatable bonds is 4. The third-order valence-corrected chi connectivity index (χ3v) is 3.96. The lowest BCUT2D eigenvalue weighted by atomic mass is 9.92. The van der Waals surface area contributed by atoms with Gasteiger partial charge < -0.3 is 10.4 Å². The smallest absolute Gasteiger partial charge is 0.252 e. The highest BCUT2D eigenvalue weighted by Gasteiger charge is 2.28. The molecule has 2 aromatic rings. The number of aliphatic hydroxyl groups excluding tert-OH is 1. The van der Waals surface area contributed by atoms with Crippen molar-refractivity contribution in [2.45, 2.75) is 19.4 Å². The number of carbonyl (C=O) groups excluding carboxylic acids is 1. The van der Waals surface area contributed by atoms with Crippen LogP contribution in [0.25, 0.3) is 0 Å². The quantitative estimate of drug-likeness (QED) is 0.910. The summed E-state index contributed by atoms with van der Waals surface area (Å²) >= 11 is 6.05. The van der Waals surface area contributed by atoms with E-state index >= 15 is 0 Å². The Hall–Kier alpha value is -1.84. The van der Waals surface area contributed by atoms with Crippen LogP contribution in [-0.2, 0) is 5.54 Å². The van der Waals surface area contributed by atoms with E-state index in [2.05, 4.69) is 5.32 Å². The Morgan fingerprint density at radius 1 is 1.24 bits per heavy atom. The fraction of sp³-hybridized carbons (Fsp3) is 0.235. The van der Waals surface area contributed by atoms with Gasteiger partial charge in [-0.05, 0) is 37.1 Å². The minimum Gasteiger partial charge on any atom is -0.394 e. The third kappa shape index (κ3) is 3.43. The number of halogens is 1. The standard InChI is InChI=1S/C17H18ClNO2/c1-12-8-9-13(10-15(12)18)16(21)19-17(2,11-20)14-6-4-3-5-7-14/h3-10,20H,11H2,1-2H3,(H,19,21). The van der Waals surface area contributed by atoms with E-state index in [1.807, 2.05) is 37.3 Å². The van der Waals surface area contributed by atoms with Crippen molar-refractivity contribution in [3.63, 3.8) is 0 Å². The first kappa shape index (κ1) is 15.5. The Labute approximate surface area is 129 Å². The number of aliphatic hydroxyl groups is 1. The summed E-state index contributed by atoms with van der Waals surface area (Å²) in [4.78, 5) is 12.4. The van der Waals surface area contributed by atoms with E-state index in [4.69, 9.17) is 11.6 Å². The maximum Gasteiger partial charge on any atom is 0.252 e. The summed E-state index contributed by atoms with van der Waals surface area (Å²) in [5, 5.41) is 13.1. The average molecular weight is 304 g/mol. The molecule has 1 amide bonds. The molecular formula is C17H18ClNO2. The van der Waals surface area contributed by atoms with Crippen LogP contribution < -0.4 is 5.32 Å². The van der Waals surface area contributed by atoms with Crippen LogP contribution in [0, 0.1) is 6.92 Å². The molecule has 21 heavy (non-hydrogen) atoms. The molecule has 4 heteroatoms. The van der Waals surface area contributed by atoms with Crippen LogP contribution >= 0.6 is 11.6 Å². The first-order chi connectivity index (χ1) is 9.96. The molecule has 0 saturated heterocycles. The molecule has 1 unspecified atom stereocenters. The fourth-order valence-electron chi connectivity index (χ4n) is 2.07. The molecule has 0 aromatic heterocycles. The predicted molar refractivity (Wildman–Crippen MR) is 84.5 cm³/mol. The van der Waals surface area contributed by atoms with Crippen molar-refractivity contribution >= 4 is 17.5 Å². The molecule has 0 bridgehead atoms. The van der Waals surface area contributed by atoms with Crippen LogP contribution in [0.5, 0.6) is 0 Å². The highest BCUT2D eigenvalue weighted by Crippen LogP contribution is 2.22. The molecular weight excluding hydrogens is 286 g/mol. The second-order valence-electron chi connectivity index (χ2n) is 5.27. The van der Waals surface area contributed by atoms with E-state index in [1.54, 1.807) is 25.1 Å². The molecule has 0 saturated carbocycles. The van der Waals surface area contributed by atoms with Gasteiger partial charge in [0.2, 0.25) is 0 Å². The number of nitrogens with one attached hydrogen (secondary N) is 1. The van der Waals surface area contributed by atoms with Crippen LogP contribution in [0.3, 0.4) is 0 Å². The Morgan fingerprint density at radius 2 is 1.90 bits per heavy atom. The van der Waals surface area contributed by atoms with E-state index in [0.717, 1.165) is 11.1 Å². The van der Waals surface area contributed by atoms with Crippen LogP contribution in [0.1, 0.15) is 28.4 Å². The maximum atomic E-state index is 12.4. The second kappa shape index (κ2) is 6.29. The Balaban J connectivity index is 2.26. The zero-order chi connectivity index (χ0) is 15.5. The van der Waals surface area contributed by atoms with Gasteiger partial charge in [-0.3, -0.25) is 4.79 Å². The zero-order valence-electron chi connectivity index (χ0n) is 12.1. The second-order valence-corrected chi connectivity index (χ2v) is 5.68. The number of amides is 1. The molecule has 0 heterocycles. The predicted octanol–water partition coefficient (Wildman–Crippen LogP) is 3.29. The summed E-state index contributed by atoms with van der Waals surface area (Å²) in [6.45, 7) is 3.48. The van der Waals surface area contributed by atoms with Crippen molar-refractivity contribution in [1.82, 2.24) is 5.32 Å². The number of carbonyl (C=O) groups is 1. The van der Waals surface area contributed by atoms with Gasteiger partial charge in [0.25, 0.3) is 5.91 Å². The molecule has 2 rings (SSSR count). The lowest BCUT2D eigenvalue weighted by molar-refractivity contribution is 0.0849. The Bertz CT molecular complexity index is 642. The van der Waals surface area contributed by atoms with Crippen LogP contribution in [0.4, 0.5) is 0 Å². The number of hydrogen-bond acceptors (Lipinski definition) is 2. The number of hydrogen-bond donors (Lipinski definition) is 2. The summed E-state index contributed by atoms with van der Waals surface area (Å²) in [5.74, 6) is -0.266. The van der Waals surface area contributed by atoms with Crippen molar-refractivity contribution in [3.05, 3.63) is 70.2 Å². The van der Waals surface area contributed by atoms with E-state index in [0.29, 0.717) is 10.6 Å².